The summed E-state index contributed by atoms with van der Waals surface area (Å²) in [4.78, 5) is 0. The molecule has 0 aromatic rings. The van der Waals surface area contributed by atoms with E-state index in [1.807, 2.05) is 0 Å². The second-order valence-corrected chi connectivity index (χ2v) is 3.06. The number of hydrogen-bond acceptors (Lipinski definition) is 3. The lowest BCUT2D eigenvalue weighted by Gasteiger charge is -2.21. The summed E-state index contributed by atoms with van der Waals surface area (Å²) in [6.07, 6.45) is 2.78. The highest BCUT2D eigenvalue weighted by Crippen LogP contribution is 2.30. The van der Waals surface area contributed by atoms with Crippen molar-refractivity contribution in [2.24, 2.45) is 11.8 Å². The van der Waals surface area contributed by atoms with E-state index in [1.165, 1.54) is 0 Å². The molecule has 3 nitrogen and oxygen atoms in total. The van der Waals surface area contributed by atoms with Gasteiger partial charge in [0.05, 0.1) is 19.3 Å². The Labute approximate surface area is 71.7 Å². The summed E-state index contributed by atoms with van der Waals surface area (Å²) in [5.74, 6) is -0.320. The summed E-state index contributed by atoms with van der Waals surface area (Å²) in [5.41, 5.74) is 0.576. The molecule has 12 heavy (non-hydrogen) atoms. The monoisotopic (exact) mass is 170 g/mol. The van der Waals surface area contributed by atoms with Crippen LogP contribution in [0.15, 0.2) is 24.3 Å². The molecular formula is C9H14O3. The highest BCUT2D eigenvalue weighted by atomic mass is 16.3. The fraction of sp³-hybridized carbons (Fsp3) is 0.556. The molecule has 3 N–H and O–H groups in total. The van der Waals surface area contributed by atoms with Gasteiger partial charge in [0.15, 0.2) is 0 Å². The van der Waals surface area contributed by atoms with Crippen molar-refractivity contribution < 1.29 is 15.3 Å². The van der Waals surface area contributed by atoms with Crippen LogP contribution in [0.25, 0.3) is 0 Å². The van der Waals surface area contributed by atoms with Gasteiger partial charge in [-0.1, -0.05) is 18.7 Å². The molecule has 1 aliphatic carbocycles. The predicted molar refractivity (Wildman–Crippen MR) is 45.4 cm³/mol. The van der Waals surface area contributed by atoms with E-state index < -0.39 is 6.10 Å². The van der Waals surface area contributed by atoms with E-state index in [1.54, 1.807) is 12.2 Å². The molecule has 0 saturated heterocycles. The molecule has 1 rings (SSSR count). The molecule has 0 fully saturated rings. The Morgan fingerprint density at radius 1 is 1.33 bits per heavy atom. The Balaban J connectivity index is 2.68. The van der Waals surface area contributed by atoms with Crippen molar-refractivity contribution in [3.63, 3.8) is 0 Å². The largest absolute Gasteiger partial charge is 0.396 e. The van der Waals surface area contributed by atoms with Gasteiger partial charge < -0.3 is 15.3 Å². The van der Waals surface area contributed by atoms with E-state index in [0.717, 1.165) is 0 Å². The maximum atomic E-state index is 9.42. The Kier molecular flexibility index (Phi) is 3.03. The Morgan fingerprint density at radius 2 is 2.00 bits per heavy atom. The van der Waals surface area contributed by atoms with Gasteiger partial charge in [-0.3, -0.25) is 0 Å². The van der Waals surface area contributed by atoms with Crippen molar-refractivity contribution in [2.75, 3.05) is 13.2 Å². The molecule has 3 heteroatoms. The SMILES string of the molecule is C=C(CO)[C@H]1[C@H](O)C=C[C@H]1CO. The standard InChI is InChI=1S/C9H14O3/c1-6(4-10)9-7(5-11)2-3-8(9)12/h2-3,7-12H,1,4-5H2/t7-,8+,9+/m0/s1. The summed E-state index contributed by atoms with van der Waals surface area (Å²) < 4.78 is 0. The summed E-state index contributed by atoms with van der Waals surface area (Å²) in [6.45, 7) is 3.49. The van der Waals surface area contributed by atoms with E-state index in [4.69, 9.17) is 10.2 Å². The first-order valence-electron chi connectivity index (χ1n) is 3.96. The van der Waals surface area contributed by atoms with Gasteiger partial charge in [0.1, 0.15) is 0 Å². The van der Waals surface area contributed by atoms with Gasteiger partial charge in [0.25, 0.3) is 0 Å². The predicted octanol–water partition coefficient (Wildman–Crippen LogP) is -0.310. The minimum atomic E-state index is -0.609. The van der Waals surface area contributed by atoms with Gasteiger partial charge >= 0.3 is 0 Å². The molecule has 0 bridgehead atoms. The lowest BCUT2D eigenvalue weighted by Crippen LogP contribution is -2.25. The molecule has 0 aromatic carbocycles. The van der Waals surface area contributed by atoms with Crippen LogP contribution in [-0.2, 0) is 0 Å². The van der Waals surface area contributed by atoms with Crippen molar-refractivity contribution >= 4 is 0 Å². The van der Waals surface area contributed by atoms with Crippen LogP contribution in [0.1, 0.15) is 0 Å². The van der Waals surface area contributed by atoms with E-state index in [9.17, 15) is 5.11 Å². The van der Waals surface area contributed by atoms with Gasteiger partial charge in [-0.05, 0) is 5.57 Å². The van der Waals surface area contributed by atoms with Gasteiger partial charge in [0.2, 0.25) is 0 Å². The molecular weight excluding hydrogens is 156 g/mol. The third-order valence-electron chi connectivity index (χ3n) is 2.27. The maximum Gasteiger partial charge on any atom is 0.0793 e. The lowest BCUT2D eigenvalue weighted by molar-refractivity contribution is 0.125. The molecule has 0 amide bonds. The van der Waals surface area contributed by atoms with Crippen LogP contribution in [0.4, 0.5) is 0 Å². The Morgan fingerprint density at radius 3 is 2.50 bits per heavy atom. The number of hydrogen-bond donors (Lipinski definition) is 3. The highest BCUT2D eigenvalue weighted by molar-refractivity contribution is 5.19. The Hall–Kier alpha value is -0.640. The van der Waals surface area contributed by atoms with Crippen molar-refractivity contribution in [2.45, 2.75) is 6.10 Å². The lowest BCUT2D eigenvalue weighted by atomic mass is 9.88. The number of aliphatic hydroxyl groups is 3. The van der Waals surface area contributed by atoms with Crippen LogP contribution in [0, 0.1) is 11.8 Å². The molecule has 0 saturated carbocycles. The summed E-state index contributed by atoms with van der Waals surface area (Å²) in [7, 11) is 0. The van der Waals surface area contributed by atoms with Crippen LogP contribution in [0.3, 0.4) is 0 Å². The van der Waals surface area contributed by atoms with Gasteiger partial charge in [-0.25, -0.2) is 0 Å². The maximum absolute atomic E-state index is 9.42. The molecule has 0 heterocycles. The second-order valence-electron chi connectivity index (χ2n) is 3.06. The Bertz CT molecular complexity index is 198. The fourth-order valence-electron chi connectivity index (χ4n) is 1.57. The van der Waals surface area contributed by atoms with Crippen molar-refractivity contribution in [3.05, 3.63) is 24.3 Å². The zero-order valence-corrected chi connectivity index (χ0v) is 6.85. The summed E-state index contributed by atoms with van der Waals surface area (Å²) in [6, 6.07) is 0. The van der Waals surface area contributed by atoms with Crippen LogP contribution in [0.5, 0.6) is 0 Å². The molecule has 0 radical (unpaired) electrons. The van der Waals surface area contributed by atoms with Gasteiger partial charge in [-0.2, -0.15) is 0 Å². The topological polar surface area (TPSA) is 60.7 Å². The minimum absolute atomic E-state index is 0.0166. The first kappa shape index (κ1) is 9.45. The molecule has 0 unspecified atom stereocenters. The molecule has 68 valence electrons. The number of aliphatic hydroxyl groups excluding tert-OH is 3. The first-order valence-corrected chi connectivity index (χ1v) is 3.96. The average molecular weight is 170 g/mol. The molecule has 3 atom stereocenters. The average Bonchev–Trinajstić information content (AvgIpc) is 2.45. The zero-order valence-electron chi connectivity index (χ0n) is 6.85. The van der Waals surface area contributed by atoms with E-state index in [0.29, 0.717) is 5.57 Å². The second kappa shape index (κ2) is 3.85. The third kappa shape index (κ3) is 1.58. The fourth-order valence-corrected chi connectivity index (χ4v) is 1.57. The van der Waals surface area contributed by atoms with Crippen molar-refractivity contribution in [1.29, 1.82) is 0 Å². The quantitative estimate of drug-likeness (QED) is 0.509. The summed E-state index contributed by atoms with van der Waals surface area (Å²) in [5, 5.41) is 27.1. The molecule has 1 aliphatic rings. The number of rotatable bonds is 3. The highest BCUT2D eigenvalue weighted by Gasteiger charge is 2.31. The normalized spacial score (nSPS) is 34.1. The van der Waals surface area contributed by atoms with E-state index >= 15 is 0 Å². The van der Waals surface area contributed by atoms with E-state index in [-0.39, 0.29) is 25.0 Å². The zero-order chi connectivity index (χ0) is 9.14. The van der Waals surface area contributed by atoms with Gasteiger partial charge in [-0.15, -0.1) is 0 Å². The van der Waals surface area contributed by atoms with E-state index in [2.05, 4.69) is 6.58 Å². The van der Waals surface area contributed by atoms with Crippen molar-refractivity contribution in [1.82, 2.24) is 0 Å². The van der Waals surface area contributed by atoms with Crippen LogP contribution in [0.2, 0.25) is 0 Å². The third-order valence-corrected chi connectivity index (χ3v) is 2.27. The van der Waals surface area contributed by atoms with Crippen LogP contribution < -0.4 is 0 Å². The minimum Gasteiger partial charge on any atom is -0.396 e. The van der Waals surface area contributed by atoms with Crippen LogP contribution in [-0.4, -0.2) is 34.6 Å². The van der Waals surface area contributed by atoms with Crippen LogP contribution >= 0.6 is 0 Å². The molecule has 0 aliphatic heterocycles. The first-order chi connectivity index (χ1) is 5.70. The van der Waals surface area contributed by atoms with Crippen molar-refractivity contribution in [3.8, 4) is 0 Å². The molecule has 0 aromatic heterocycles. The molecule has 0 spiro atoms. The smallest absolute Gasteiger partial charge is 0.0793 e. The summed E-state index contributed by atoms with van der Waals surface area (Å²) >= 11 is 0. The van der Waals surface area contributed by atoms with Gasteiger partial charge in [0, 0.05) is 11.8 Å².